The molecule has 0 atom stereocenters. The van der Waals surface area contributed by atoms with E-state index in [2.05, 4.69) is 20.6 Å². The largest absolute Gasteiger partial charge is 0.454 e. The minimum Gasteiger partial charge on any atom is -0.454 e. The number of primary amides is 1. The molecule has 0 aliphatic heterocycles. The second-order valence-electron chi connectivity index (χ2n) is 5.74. The van der Waals surface area contributed by atoms with Gasteiger partial charge in [0.2, 0.25) is 0 Å². The molecule has 26 heavy (non-hydrogen) atoms. The molecule has 1 amide bonds. The SMILES string of the molecule is CN=C(NCCc1c[nH]c2ccc(F)cc12)NCc1ccc(C(N)=O)o1. The van der Waals surface area contributed by atoms with E-state index in [1.807, 2.05) is 6.20 Å². The average Bonchev–Trinajstić information content (AvgIpc) is 3.25. The summed E-state index contributed by atoms with van der Waals surface area (Å²) >= 11 is 0. The number of nitrogens with two attached hydrogens (primary N) is 1. The zero-order chi connectivity index (χ0) is 18.5. The minimum atomic E-state index is -0.603. The number of carbonyl (C=O) groups is 1. The number of nitrogens with zero attached hydrogens (tertiary/aromatic N) is 1. The van der Waals surface area contributed by atoms with Gasteiger partial charge in [0, 0.05) is 30.7 Å². The van der Waals surface area contributed by atoms with E-state index < -0.39 is 5.91 Å². The summed E-state index contributed by atoms with van der Waals surface area (Å²) in [6, 6.07) is 7.91. The fourth-order valence-electron chi connectivity index (χ4n) is 2.67. The molecule has 0 spiro atoms. The number of aromatic amines is 1. The number of furan rings is 1. The molecule has 2 heterocycles. The maximum absolute atomic E-state index is 13.4. The van der Waals surface area contributed by atoms with Crippen LogP contribution in [-0.4, -0.2) is 30.4 Å². The van der Waals surface area contributed by atoms with E-state index in [-0.39, 0.29) is 11.6 Å². The first-order valence-corrected chi connectivity index (χ1v) is 8.15. The first kappa shape index (κ1) is 17.5. The first-order chi connectivity index (χ1) is 12.6. The number of hydrogen-bond acceptors (Lipinski definition) is 3. The van der Waals surface area contributed by atoms with Crippen LogP contribution in [0.15, 0.2) is 45.9 Å². The van der Waals surface area contributed by atoms with E-state index in [0.29, 0.717) is 31.2 Å². The standard InChI is InChI=1S/C18H20FN5O2/c1-21-18(24-10-13-3-5-16(26-13)17(20)25)22-7-6-11-9-23-15-4-2-12(19)8-14(11)15/h2-5,8-9,23H,6-7,10H2,1H3,(H2,20,25)(H2,21,22,24). The third kappa shape index (κ3) is 4.02. The van der Waals surface area contributed by atoms with E-state index in [1.165, 1.54) is 18.2 Å². The molecule has 7 nitrogen and oxygen atoms in total. The molecule has 3 aromatic rings. The number of halogens is 1. The second-order valence-corrected chi connectivity index (χ2v) is 5.74. The molecule has 8 heteroatoms. The van der Waals surface area contributed by atoms with Crippen LogP contribution >= 0.6 is 0 Å². The molecular formula is C18H20FN5O2. The summed E-state index contributed by atoms with van der Waals surface area (Å²) in [5, 5.41) is 7.15. The van der Waals surface area contributed by atoms with Crippen molar-refractivity contribution >= 4 is 22.8 Å². The van der Waals surface area contributed by atoms with E-state index in [4.69, 9.17) is 10.2 Å². The van der Waals surface area contributed by atoms with Gasteiger partial charge in [-0.1, -0.05) is 0 Å². The van der Waals surface area contributed by atoms with Crippen LogP contribution in [0.25, 0.3) is 10.9 Å². The topological polar surface area (TPSA) is 108 Å². The molecule has 136 valence electrons. The molecule has 0 saturated carbocycles. The Morgan fingerprint density at radius 3 is 2.88 bits per heavy atom. The Bertz CT molecular complexity index is 944. The fraction of sp³-hybridized carbons (Fsp3) is 0.222. The average molecular weight is 357 g/mol. The summed E-state index contributed by atoms with van der Waals surface area (Å²) in [4.78, 5) is 18.3. The number of rotatable bonds is 6. The van der Waals surface area contributed by atoms with Crippen LogP contribution in [0.4, 0.5) is 4.39 Å². The Kier molecular flexibility index (Phi) is 5.21. The number of amides is 1. The number of aliphatic imine (C=N–C) groups is 1. The summed E-state index contributed by atoms with van der Waals surface area (Å²) < 4.78 is 18.7. The maximum Gasteiger partial charge on any atom is 0.284 e. The molecule has 0 aliphatic rings. The Hall–Kier alpha value is -3.29. The first-order valence-electron chi connectivity index (χ1n) is 8.15. The second kappa shape index (κ2) is 7.73. The number of benzene rings is 1. The lowest BCUT2D eigenvalue weighted by Crippen LogP contribution is -2.37. The van der Waals surface area contributed by atoms with Crippen LogP contribution in [0.5, 0.6) is 0 Å². The number of carbonyl (C=O) groups excluding carboxylic acids is 1. The van der Waals surface area contributed by atoms with Gasteiger partial charge >= 0.3 is 0 Å². The van der Waals surface area contributed by atoms with E-state index >= 15 is 0 Å². The number of nitrogens with one attached hydrogen (secondary N) is 3. The minimum absolute atomic E-state index is 0.122. The molecule has 0 saturated heterocycles. The molecule has 3 rings (SSSR count). The molecule has 1 aromatic carbocycles. The summed E-state index contributed by atoms with van der Waals surface area (Å²) in [6.45, 7) is 0.985. The molecule has 5 N–H and O–H groups in total. The van der Waals surface area contributed by atoms with Gasteiger partial charge < -0.3 is 25.8 Å². The van der Waals surface area contributed by atoms with Crippen molar-refractivity contribution in [2.24, 2.45) is 10.7 Å². The molecule has 0 fully saturated rings. The van der Waals surface area contributed by atoms with Gasteiger partial charge in [0.25, 0.3) is 5.91 Å². The predicted molar refractivity (Wildman–Crippen MR) is 97.4 cm³/mol. The lowest BCUT2D eigenvalue weighted by molar-refractivity contribution is 0.0972. The Morgan fingerprint density at radius 2 is 2.15 bits per heavy atom. The Labute approximate surface area is 149 Å². The Morgan fingerprint density at radius 1 is 1.31 bits per heavy atom. The van der Waals surface area contributed by atoms with Gasteiger partial charge in [-0.15, -0.1) is 0 Å². The highest BCUT2D eigenvalue weighted by molar-refractivity contribution is 5.89. The summed E-state index contributed by atoms with van der Waals surface area (Å²) in [6.07, 6.45) is 2.59. The van der Waals surface area contributed by atoms with Crippen molar-refractivity contribution in [1.29, 1.82) is 0 Å². The van der Waals surface area contributed by atoms with Crippen molar-refractivity contribution in [3.05, 3.63) is 59.4 Å². The monoisotopic (exact) mass is 357 g/mol. The maximum atomic E-state index is 13.4. The van der Waals surface area contributed by atoms with Crippen LogP contribution in [0, 0.1) is 5.82 Å². The predicted octanol–water partition coefficient (Wildman–Crippen LogP) is 1.91. The highest BCUT2D eigenvalue weighted by Crippen LogP contribution is 2.19. The van der Waals surface area contributed by atoms with Gasteiger partial charge in [0.15, 0.2) is 11.7 Å². The van der Waals surface area contributed by atoms with Gasteiger partial charge in [-0.3, -0.25) is 9.79 Å². The third-order valence-corrected chi connectivity index (χ3v) is 3.97. The fourth-order valence-corrected chi connectivity index (χ4v) is 2.67. The van der Waals surface area contributed by atoms with Crippen molar-refractivity contribution in [3.63, 3.8) is 0 Å². The molecule has 0 radical (unpaired) electrons. The number of hydrogen-bond donors (Lipinski definition) is 4. The zero-order valence-electron chi connectivity index (χ0n) is 14.3. The Balaban J connectivity index is 1.52. The normalized spacial score (nSPS) is 11.7. The molecule has 0 bridgehead atoms. The van der Waals surface area contributed by atoms with Crippen LogP contribution in [0.2, 0.25) is 0 Å². The van der Waals surface area contributed by atoms with E-state index in [9.17, 15) is 9.18 Å². The van der Waals surface area contributed by atoms with Gasteiger partial charge in [-0.2, -0.15) is 0 Å². The number of H-pyrrole nitrogens is 1. The van der Waals surface area contributed by atoms with Crippen LogP contribution in [0.3, 0.4) is 0 Å². The smallest absolute Gasteiger partial charge is 0.284 e. The van der Waals surface area contributed by atoms with Crippen LogP contribution < -0.4 is 16.4 Å². The molecule has 0 unspecified atom stereocenters. The number of guanidine groups is 1. The summed E-state index contributed by atoms with van der Waals surface area (Å²) in [7, 11) is 1.66. The lowest BCUT2D eigenvalue weighted by atomic mass is 10.1. The van der Waals surface area contributed by atoms with Crippen molar-refractivity contribution in [1.82, 2.24) is 15.6 Å². The quantitative estimate of drug-likeness (QED) is 0.399. The van der Waals surface area contributed by atoms with Gasteiger partial charge in [0.1, 0.15) is 11.6 Å². The van der Waals surface area contributed by atoms with Crippen molar-refractivity contribution in [2.45, 2.75) is 13.0 Å². The highest BCUT2D eigenvalue weighted by atomic mass is 19.1. The van der Waals surface area contributed by atoms with E-state index in [0.717, 1.165) is 16.5 Å². The highest BCUT2D eigenvalue weighted by Gasteiger charge is 2.08. The molecule has 2 aromatic heterocycles. The zero-order valence-corrected chi connectivity index (χ0v) is 14.3. The molecule has 0 aliphatic carbocycles. The van der Waals surface area contributed by atoms with Crippen molar-refractivity contribution in [2.75, 3.05) is 13.6 Å². The summed E-state index contributed by atoms with van der Waals surface area (Å²) in [5.41, 5.74) is 7.09. The lowest BCUT2D eigenvalue weighted by Gasteiger charge is -2.10. The van der Waals surface area contributed by atoms with Gasteiger partial charge in [-0.25, -0.2) is 4.39 Å². The number of aromatic nitrogens is 1. The van der Waals surface area contributed by atoms with Gasteiger partial charge in [-0.05, 0) is 42.3 Å². The number of fused-ring (bicyclic) bond motifs is 1. The van der Waals surface area contributed by atoms with E-state index in [1.54, 1.807) is 19.2 Å². The van der Waals surface area contributed by atoms with Crippen molar-refractivity contribution in [3.8, 4) is 0 Å². The van der Waals surface area contributed by atoms with Crippen molar-refractivity contribution < 1.29 is 13.6 Å². The molecular weight excluding hydrogens is 337 g/mol. The van der Waals surface area contributed by atoms with Crippen LogP contribution in [0.1, 0.15) is 21.9 Å². The third-order valence-electron chi connectivity index (χ3n) is 3.97. The van der Waals surface area contributed by atoms with Gasteiger partial charge in [0.05, 0.1) is 6.54 Å². The summed E-state index contributed by atoms with van der Waals surface area (Å²) in [5.74, 6) is 0.435. The van der Waals surface area contributed by atoms with Crippen LogP contribution in [-0.2, 0) is 13.0 Å².